The van der Waals surface area contributed by atoms with Crippen LogP contribution in [0.15, 0.2) is 40.9 Å². The van der Waals surface area contributed by atoms with Crippen LogP contribution in [0.5, 0.6) is 0 Å². The summed E-state index contributed by atoms with van der Waals surface area (Å²) in [6, 6.07) is 9.01. The van der Waals surface area contributed by atoms with Crippen molar-refractivity contribution in [2.75, 3.05) is 0 Å². The summed E-state index contributed by atoms with van der Waals surface area (Å²) in [5.74, 6) is 0. The van der Waals surface area contributed by atoms with E-state index in [1.807, 2.05) is 24.3 Å². The fourth-order valence-electron chi connectivity index (χ4n) is 1.89. The highest BCUT2D eigenvalue weighted by Gasteiger charge is 2.19. The van der Waals surface area contributed by atoms with Gasteiger partial charge in [0.2, 0.25) is 5.71 Å². The molecule has 0 aliphatic carbocycles. The van der Waals surface area contributed by atoms with Gasteiger partial charge in [0.15, 0.2) is 0 Å². The van der Waals surface area contributed by atoms with Crippen molar-refractivity contribution in [3.63, 3.8) is 0 Å². The van der Waals surface area contributed by atoms with Crippen molar-refractivity contribution in [1.82, 2.24) is 4.98 Å². The molecule has 2 aromatic heterocycles. The number of pyridine rings is 1. The fraction of sp³-hybridized carbons (Fsp3) is 0. The highest BCUT2D eigenvalue weighted by Crippen LogP contribution is 2.25. The van der Waals surface area contributed by atoms with Crippen molar-refractivity contribution in [1.29, 1.82) is 0 Å². The zero-order valence-electron chi connectivity index (χ0n) is 8.29. The lowest BCUT2D eigenvalue weighted by Crippen LogP contribution is -2.30. The number of benzene rings is 1. The van der Waals surface area contributed by atoms with Gasteiger partial charge < -0.3 is 14.5 Å². The second-order valence-electron chi connectivity index (χ2n) is 3.55. The van der Waals surface area contributed by atoms with E-state index in [9.17, 15) is 10.0 Å². The van der Waals surface area contributed by atoms with E-state index in [1.54, 1.807) is 6.07 Å². The Kier molecular flexibility index (Phi) is 1.95. The minimum atomic E-state index is -1.52. The molecule has 0 atom stereocenters. The molecule has 1 aromatic carbocycles. The first-order valence-electron chi connectivity index (χ1n) is 4.89. The Balaban J connectivity index is 2.53. The summed E-state index contributed by atoms with van der Waals surface area (Å²) >= 11 is 0. The van der Waals surface area contributed by atoms with Crippen molar-refractivity contribution in [2.24, 2.45) is 0 Å². The molecule has 0 radical (unpaired) electrons. The predicted octanol–water partition coefficient (Wildman–Crippen LogP) is 0.661. The monoisotopic (exact) mass is 213 g/mol. The predicted molar refractivity (Wildman–Crippen MR) is 61.3 cm³/mol. The molecular formula is C11H8BNO3. The molecule has 16 heavy (non-hydrogen) atoms. The van der Waals surface area contributed by atoms with Crippen LogP contribution in [0.3, 0.4) is 0 Å². The fourth-order valence-corrected chi connectivity index (χ4v) is 1.89. The van der Waals surface area contributed by atoms with E-state index in [0.717, 1.165) is 5.39 Å². The Labute approximate surface area is 91.3 Å². The average Bonchev–Trinajstić information content (AvgIpc) is 2.66. The van der Waals surface area contributed by atoms with Gasteiger partial charge in [-0.15, -0.1) is 0 Å². The van der Waals surface area contributed by atoms with Crippen LogP contribution in [0.2, 0.25) is 0 Å². The molecule has 0 saturated carbocycles. The number of hydrogen-bond donors (Lipinski definition) is 2. The lowest BCUT2D eigenvalue weighted by atomic mass is 9.78. The van der Waals surface area contributed by atoms with Crippen molar-refractivity contribution in [2.45, 2.75) is 0 Å². The third-order valence-corrected chi connectivity index (χ3v) is 2.59. The van der Waals surface area contributed by atoms with E-state index in [1.165, 1.54) is 6.20 Å². The van der Waals surface area contributed by atoms with Gasteiger partial charge in [0.1, 0.15) is 5.58 Å². The standard InChI is InChI=1S/C11H8BNO3/c14-12(15)8-5-6-13-11-10(8)7-3-1-2-4-9(7)16-11/h1-6,14-15H. The zero-order valence-corrected chi connectivity index (χ0v) is 8.29. The minimum Gasteiger partial charge on any atom is -0.438 e. The first kappa shape index (κ1) is 9.39. The molecule has 0 aliphatic heterocycles. The molecule has 3 aromatic rings. The van der Waals surface area contributed by atoms with Crippen LogP contribution in [0.4, 0.5) is 0 Å². The van der Waals surface area contributed by atoms with Gasteiger partial charge in [-0.25, -0.2) is 4.98 Å². The molecule has 2 heterocycles. The normalized spacial score (nSPS) is 11.1. The molecular weight excluding hydrogens is 205 g/mol. The van der Waals surface area contributed by atoms with Gasteiger partial charge in [0.05, 0.1) is 0 Å². The average molecular weight is 213 g/mol. The summed E-state index contributed by atoms with van der Waals surface area (Å²) in [5, 5.41) is 20.1. The Hall–Kier alpha value is -1.85. The summed E-state index contributed by atoms with van der Waals surface area (Å²) in [6.07, 6.45) is 1.50. The van der Waals surface area contributed by atoms with E-state index in [2.05, 4.69) is 4.98 Å². The number of fused-ring (bicyclic) bond motifs is 3. The van der Waals surface area contributed by atoms with Gasteiger partial charge >= 0.3 is 7.12 Å². The summed E-state index contributed by atoms with van der Waals surface area (Å²) in [4.78, 5) is 4.07. The number of furan rings is 1. The summed E-state index contributed by atoms with van der Waals surface area (Å²) < 4.78 is 5.51. The number of aromatic nitrogens is 1. The van der Waals surface area contributed by atoms with Crippen LogP contribution in [0.25, 0.3) is 22.1 Å². The SMILES string of the molecule is OB(O)c1ccnc2oc3ccccc3c12. The molecule has 0 amide bonds. The van der Waals surface area contributed by atoms with E-state index >= 15 is 0 Å². The van der Waals surface area contributed by atoms with E-state index in [4.69, 9.17) is 4.42 Å². The quantitative estimate of drug-likeness (QED) is 0.582. The van der Waals surface area contributed by atoms with Gasteiger partial charge in [0, 0.05) is 17.0 Å². The van der Waals surface area contributed by atoms with E-state index < -0.39 is 7.12 Å². The molecule has 2 N–H and O–H groups in total. The molecule has 4 nitrogen and oxygen atoms in total. The Morgan fingerprint density at radius 2 is 1.94 bits per heavy atom. The number of hydrogen-bond acceptors (Lipinski definition) is 4. The Bertz CT molecular complexity index is 662. The van der Waals surface area contributed by atoms with E-state index in [-0.39, 0.29) is 0 Å². The van der Waals surface area contributed by atoms with Crippen LogP contribution in [0, 0.1) is 0 Å². The second kappa shape index (κ2) is 3.33. The summed E-state index contributed by atoms with van der Waals surface area (Å²) in [5.41, 5.74) is 1.53. The van der Waals surface area contributed by atoms with Crippen LogP contribution in [0.1, 0.15) is 0 Å². The first-order valence-corrected chi connectivity index (χ1v) is 4.89. The molecule has 0 spiro atoms. The topological polar surface area (TPSA) is 66.5 Å². The zero-order chi connectivity index (χ0) is 11.1. The molecule has 0 saturated heterocycles. The van der Waals surface area contributed by atoms with Gasteiger partial charge in [-0.2, -0.15) is 0 Å². The maximum Gasteiger partial charge on any atom is 0.489 e. The molecule has 0 bridgehead atoms. The molecule has 78 valence electrons. The molecule has 3 rings (SSSR count). The molecule has 0 fully saturated rings. The molecule has 5 heteroatoms. The van der Waals surface area contributed by atoms with Crippen molar-refractivity contribution >= 4 is 34.7 Å². The molecule has 0 unspecified atom stereocenters. The Morgan fingerprint density at radius 3 is 2.75 bits per heavy atom. The minimum absolute atomic E-state index is 0.412. The van der Waals surface area contributed by atoms with E-state index in [0.29, 0.717) is 22.1 Å². The van der Waals surface area contributed by atoms with Gasteiger partial charge in [0.25, 0.3) is 0 Å². The number of nitrogens with zero attached hydrogens (tertiary/aromatic N) is 1. The van der Waals surface area contributed by atoms with Crippen molar-refractivity contribution in [3.05, 3.63) is 36.5 Å². The highest BCUT2D eigenvalue weighted by molar-refractivity contribution is 6.62. The van der Waals surface area contributed by atoms with Crippen molar-refractivity contribution in [3.8, 4) is 0 Å². The molecule has 0 aliphatic rings. The number of para-hydroxylation sites is 1. The summed E-state index contributed by atoms with van der Waals surface area (Å²) in [7, 11) is -1.52. The van der Waals surface area contributed by atoms with Gasteiger partial charge in [-0.3, -0.25) is 0 Å². The third kappa shape index (κ3) is 1.22. The highest BCUT2D eigenvalue weighted by atomic mass is 16.4. The van der Waals surface area contributed by atoms with Crippen molar-refractivity contribution < 1.29 is 14.5 Å². The third-order valence-electron chi connectivity index (χ3n) is 2.59. The second-order valence-corrected chi connectivity index (χ2v) is 3.55. The van der Waals surface area contributed by atoms with Crippen LogP contribution < -0.4 is 5.46 Å². The number of rotatable bonds is 1. The van der Waals surface area contributed by atoms with Gasteiger partial charge in [-0.05, 0) is 17.6 Å². The maximum absolute atomic E-state index is 9.29. The van der Waals surface area contributed by atoms with Gasteiger partial charge in [-0.1, -0.05) is 18.2 Å². The summed E-state index contributed by atoms with van der Waals surface area (Å²) in [6.45, 7) is 0. The maximum atomic E-state index is 9.29. The lowest BCUT2D eigenvalue weighted by Gasteiger charge is -1.99. The largest absolute Gasteiger partial charge is 0.489 e. The first-order chi connectivity index (χ1) is 7.77. The van der Waals surface area contributed by atoms with Crippen LogP contribution in [-0.2, 0) is 0 Å². The lowest BCUT2D eigenvalue weighted by molar-refractivity contribution is 0.426. The van der Waals surface area contributed by atoms with Crippen LogP contribution in [-0.4, -0.2) is 22.2 Å². The smallest absolute Gasteiger partial charge is 0.438 e. The van der Waals surface area contributed by atoms with Crippen LogP contribution >= 0.6 is 0 Å². The Morgan fingerprint density at radius 1 is 1.12 bits per heavy atom.